The molecule has 2 heterocycles. The standard InChI is InChI=1S/C14H25N3S2.HI/c1-3-4-5-6-10-18-14-13(15-19-16-14)12-8-7-9-17(2)11-12;/h12H,3-11H2,1-2H3;1H. The van der Waals surface area contributed by atoms with Gasteiger partial charge in [0.05, 0.1) is 43.5 Å². The predicted molar refractivity (Wildman–Crippen MR) is 83.4 cm³/mol. The predicted octanol–water partition coefficient (Wildman–Crippen LogP) is -0.393. The molecule has 1 fully saturated rings. The van der Waals surface area contributed by atoms with E-state index < -0.39 is 0 Å². The lowest BCUT2D eigenvalue weighted by Gasteiger charge is -2.26. The number of thioether (sulfide) groups is 1. The highest BCUT2D eigenvalue weighted by Crippen LogP contribution is 2.30. The lowest BCUT2D eigenvalue weighted by atomic mass is 9.96. The maximum Gasteiger partial charge on any atom is 0.134 e. The molecule has 1 aromatic rings. The van der Waals surface area contributed by atoms with E-state index in [1.807, 2.05) is 11.8 Å². The smallest absolute Gasteiger partial charge is 0.134 e. The number of halogens is 1. The lowest BCUT2D eigenvalue weighted by molar-refractivity contribution is -0.886. The summed E-state index contributed by atoms with van der Waals surface area (Å²) in [5, 5.41) is 1.22. The van der Waals surface area contributed by atoms with Gasteiger partial charge in [0.2, 0.25) is 0 Å². The summed E-state index contributed by atoms with van der Waals surface area (Å²) in [6, 6.07) is 0. The van der Waals surface area contributed by atoms with Crippen molar-refractivity contribution in [2.45, 2.75) is 56.4 Å². The number of nitrogens with one attached hydrogen (secondary N) is 1. The Balaban J connectivity index is 0.00000200. The molecule has 0 saturated carbocycles. The van der Waals surface area contributed by atoms with Crippen LogP contribution < -0.4 is 28.9 Å². The fourth-order valence-electron chi connectivity index (χ4n) is 2.74. The molecule has 0 aliphatic carbocycles. The molecule has 0 bridgehead atoms. The van der Waals surface area contributed by atoms with Gasteiger partial charge in [0.15, 0.2) is 0 Å². The SMILES string of the molecule is CCCCCCSc1nsnc1C1CCC[NH+](C)C1.[I-]. The Bertz CT molecular complexity index is 373. The van der Waals surface area contributed by atoms with Gasteiger partial charge in [0.25, 0.3) is 0 Å². The van der Waals surface area contributed by atoms with Gasteiger partial charge in [-0.25, -0.2) is 0 Å². The summed E-state index contributed by atoms with van der Waals surface area (Å²) in [7, 11) is 2.30. The van der Waals surface area contributed by atoms with E-state index in [0.717, 1.165) is 0 Å². The normalized spacial score (nSPS) is 22.5. The zero-order chi connectivity index (χ0) is 13.5. The molecule has 1 aliphatic rings. The van der Waals surface area contributed by atoms with Crippen LogP contribution in [0.15, 0.2) is 5.03 Å². The number of quaternary nitrogens is 1. The first-order valence-corrected chi connectivity index (χ1v) is 9.29. The van der Waals surface area contributed by atoms with Gasteiger partial charge in [-0.3, -0.25) is 0 Å². The first-order valence-electron chi connectivity index (χ1n) is 7.57. The van der Waals surface area contributed by atoms with E-state index in [0.29, 0.717) is 5.92 Å². The average molecular weight is 427 g/mol. The molecule has 0 spiro atoms. The third kappa shape index (κ3) is 5.77. The zero-order valence-electron chi connectivity index (χ0n) is 12.5. The molecule has 6 heteroatoms. The number of hydrogen-bond donors (Lipinski definition) is 1. The highest BCUT2D eigenvalue weighted by molar-refractivity contribution is 7.99. The summed E-state index contributed by atoms with van der Waals surface area (Å²) >= 11 is 3.33. The molecule has 2 unspecified atom stereocenters. The van der Waals surface area contributed by atoms with Crippen LogP contribution in [0.5, 0.6) is 0 Å². The van der Waals surface area contributed by atoms with Crippen molar-refractivity contribution in [2.24, 2.45) is 0 Å². The summed E-state index contributed by atoms with van der Waals surface area (Å²) in [6.45, 7) is 4.81. The van der Waals surface area contributed by atoms with E-state index in [1.165, 1.54) is 79.8 Å². The fourth-order valence-corrected chi connectivity index (χ4v) is 4.55. The summed E-state index contributed by atoms with van der Waals surface area (Å²) in [5.74, 6) is 1.85. The minimum absolute atomic E-state index is 0. The van der Waals surface area contributed by atoms with Gasteiger partial charge in [-0.15, -0.1) is 11.8 Å². The van der Waals surface area contributed by atoms with Gasteiger partial charge in [0.1, 0.15) is 5.03 Å². The minimum atomic E-state index is 0. The van der Waals surface area contributed by atoms with Crippen molar-refractivity contribution >= 4 is 23.5 Å². The number of likely N-dealkylation sites (tertiary alicyclic amines) is 1. The summed E-state index contributed by atoms with van der Waals surface area (Å²) < 4.78 is 9.10. The van der Waals surface area contributed by atoms with Gasteiger partial charge < -0.3 is 28.9 Å². The number of rotatable bonds is 7. The molecule has 2 atom stereocenters. The van der Waals surface area contributed by atoms with E-state index in [-0.39, 0.29) is 24.0 Å². The van der Waals surface area contributed by atoms with Crippen LogP contribution in [0.25, 0.3) is 0 Å². The number of hydrogen-bond acceptors (Lipinski definition) is 4. The molecule has 1 aromatic heterocycles. The number of nitrogens with zero attached hydrogens (tertiary/aromatic N) is 2. The van der Waals surface area contributed by atoms with Crippen molar-refractivity contribution in [2.75, 3.05) is 25.9 Å². The second kappa shape index (κ2) is 10.3. The van der Waals surface area contributed by atoms with Gasteiger partial charge in [-0.1, -0.05) is 26.2 Å². The topological polar surface area (TPSA) is 30.2 Å². The molecule has 1 saturated heterocycles. The highest BCUT2D eigenvalue weighted by atomic mass is 127. The van der Waals surface area contributed by atoms with E-state index >= 15 is 0 Å². The zero-order valence-corrected chi connectivity index (χ0v) is 16.3. The Labute approximate surface area is 148 Å². The summed E-state index contributed by atoms with van der Waals surface area (Å²) in [4.78, 5) is 1.64. The molecule has 2 rings (SSSR count). The average Bonchev–Trinajstić information content (AvgIpc) is 2.87. The summed E-state index contributed by atoms with van der Waals surface area (Å²) in [6.07, 6.45) is 7.96. The van der Waals surface area contributed by atoms with Crippen LogP contribution in [0.4, 0.5) is 0 Å². The number of unbranched alkanes of at least 4 members (excludes halogenated alkanes) is 3. The molecule has 3 nitrogen and oxygen atoms in total. The molecule has 0 aromatic carbocycles. The number of likely N-dealkylation sites (N-methyl/N-ethyl adjacent to an activating group) is 1. The van der Waals surface area contributed by atoms with Crippen LogP contribution in [0, 0.1) is 0 Å². The van der Waals surface area contributed by atoms with Gasteiger partial charge in [0, 0.05) is 0 Å². The Hall–Kier alpha value is 0.600. The van der Waals surface area contributed by atoms with Crippen molar-refractivity contribution in [3.05, 3.63) is 5.69 Å². The first kappa shape index (κ1) is 18.6. The summed E-state index contributed by atoms with van der Waals surface area (Å²) in [5.41, 5.74) is 1.30. The lowest BCUT2D eigenvalue weighted by Crippen LogP contribution is -3.10. The maximum atomic E-state index is 4.59. The van der Waals surface area contributed by atoms with Crippen LogP contribution >= 0.6 is 23.5 Å². The highest BCUT2D eigenvalue weighted by Gasteiger charge is 2.26. The fraction of sp³-hybridized carbons (Fsp3) is 0.857. The molecule has 1 N–H and O–H groups in total. The third-order valence-electron chi connectivity index (χ3n) is 3.86. The van der Waals surface area contributed by atoms with E-state index in [2.05, 4.69) is 22.7 Å². The minimum Gasteiger partial charge on any atom is -1.00 e. The maximum absolute atomic E-state index is 4.59. The van der Waals surface area contributed by atoms with E-state index in [1.54, 1.807) is 4.90 Å². The molecule has 0 amide bonds. The van der Waals surface area contributed by atoms with Gasteiger partial charge in [-0.2, -0.15) is 8.75 Å². The largest absolute Gasteiger partial charge is 1.00 e. The Morgan fingerprint density at radius 2 is 2.15 bits per heavy atom. The Morgan fingerprint density at radius 1 is 1.30 bits per heavy atom. The molecule has 1 aliphatic heterocycles. The number of piperidine rings is 1. The number of aromatic nitrogens is 2. The first-order chi connectivity index (χ1) is 9.31. The van der Waals surface area contributed by atoms with Crippen LogP contribution in [0.2, 0.25) is 0 Å². The third-order valence-corrected chi connectivity index (χ3v) is 5.58. The molecule has 116 valence electrons. The van der Waals surface area contributed by atoms with Crippen molar-refractivity contribution in [1.29, 1.82) is 0 Å². The van der Waals surface area contributed by atoms with Crippen LogP contribution in [-0.4, -0.2) is 34.6 Å². The van der Waals surface area contributed by atoms with Crippen LogP contribution in [-0.2, 0) is 0 Å². The molecule has 20 heavy (non-hydrogen) atoms. The van der Waals surface area contributed by atoms with E-state index in [9.17, 15) is 0 Å². The Kier molecular flexibility index (Phi) is 9.65. The molecule has 0 radical (unpaired) electrons. The Morgan fingerprint density at radius 3 is 2.90 bits per heavy atom. The van der Waals surface area contributed by atoms with Crippen molar-refractivity contribution < 1.29 is 28.9 Å². The molecular weight excluding hydrogens is 401 g/mol. The quantitative estimate of drug-likeness (QED) is 0.365. The van der Waals surface area contributed by atoms with Crippen LogP contribution in [0.1, 0.15) is 57.1 Å². The van der Waals surface area contributed by atoms with Crippen molar-refractivity contribution in [1.82, 2.24) is 8.75 Å². The molecular formula is C14H26IN3S2. The van der Waals surface area contributed by atoms with E-state index in [4.69, 9.17) is 0 Å². The second-order valence-electron chi connectivity index (χ2n) is 5.61. The van der Waals surface area contributed by atoms with Gasteiger partial charge >= 0.3 is 0 Å². The monoisotopic (exact) mass is 427 g/mol. The van der Waals surface area contributed by atoms with Crippen LogP contribution in [0.3, 0.4) is 0 Å². The second-order valence-corrected chi connectivity index (χ2v) is 7.23. The van der Waals surface area contributed by atoms with Crippen molar-refractivity contribution in [3.8, 4) is 0 Å². The van der Waals surface area contributed by atoms with Gasteiger partial charge in [-0.05, 0) is 25.0 Å². The van der Waals surface area contributed by atoms with Crippen molar-refractivity contribution in [3.63, 3.8) is 0 Å².